The lowest BCUT2D eigenvalue weighted by atomic mass is 10.2. The molecule has 0 radical (unpaired) electrons. The number of alkyl halides is 3. The molecule has 1 unspecified atom stereocenters. The smallest absolute Gasteiger partial charge is 0.425 e. The second-order valence-electron chi connectivity index (χ2n) is 5.72. The normalized spacial score (nSPS) is 18.0. The van der Waals surface area contributed by atoms with Crippen LogP contribution in [0.2, 0.25) is 0 Å². The number of halogens is 3. The van der Waals surface area contributed by atoms with Gasteiger partial charge in [0.2, 0.25) is 10.0 Å². The number of carbonyl (C=O) groups is 1. The summed E-state index contributed by atoms with van der Waals surface area (Å²) in [6.07, 6.45) is -7.95. The Morgan fingerprint density at radius 2 is 1.72 bits per heavy atom. The van der Waals surface area contributed by atoms with Gasteiger partial charge in [-0.2, -0.15) is 17.5 Å². The highest BCUT2D eigenvalue weighted by molar-refractivity contribution is 7.89. The van der Waals surface area contributed by atoms with Crippen molar-refractivity contribution in [2.75, 3.05) is 26.2 Å². The third kappa shape index (κ3) is 4.43. The quantitative estimate of drug-likeness (QED) is 0.808. The highest BCUT2D eigenvalue weighted by Crippen LogP contribution is 2.24. The van der Waals surface area contributed by atoms with Gasteiger partial charge in [-0.3, -0.25) is 0 Å². The van der Waals surface area contributed by atoms with Crippen LogP contribution < -0.4 is 0 Å². The molecule has 140 valence electrons. The van der Waals surface area contributed by atoms with E-state index in [-0.39, 0.29) is 31.1 Å². The molecule has 25 heavy (non-hydrogen) atoms. The first-order valence-corrected chi connectivity index (χ1v) is 9.05. The first-order chi connectivity index (χ1) is 11.5. The van der Waals surface area contributed by atoms with E-state index in [4.69, 9.17) is 0 Å². The minimum absolute atomic E-state index is 0.00777. The first-order valence-electron chi connectivity index (χ1n) is 7.61. The molecule has 1 fully saturated rings. The van der Waals surface area contributed by atoms with E-state index in [1.165, 1.54) is 10.4 Å². The lowest BCUT2D eigenvalue weighted by Gasteiger charge is -2.34. The van der Waals surface area contributed by atoms with Gasteiger partial charge in [0.05, 0.1) is 4.90 Å². The fourth-order valence-electron chi connectivity index (χ4n) is 2.39. The van der Waals surface area contributed by atoms with E-state index in [9.17, 15) is 26.4 Å². The third-order valence-electron chi connectivity index (χ3n) is 3.95. The Kier molecular flexibility index (Phi) is 5.62. The molecule has 1 aromatic rings. The summed E-state index contributed by atoms with van der Waals surface area (Å²) in [5, 5.41) is 0. The molecule has 0 aliphatic carbocycles. The predicted molar refractivity (Wildman–Crippen MR) is 83.5 cm³/mol. The van der Waals surface area contributed by atoms with Gasteiger partial charge in [0.25, 0.3) is 0 Å². The van der Waals surface area contributed by atoms with Crippen molar-refractivity contribution in [3.05, 3.63) is 29.8 Å². The maximum absolute atomic E-state index is 12.6. The van der Waals surface area contributed by atoms with Crippen molar-refractivity contribution in [3.8, 4) is 0 Å². The Bertz CT molecular complexity index is 729. The number of nitrogens with zero attached hydrogens (tertiary/aromatic N) is 2. The van der Waals surface area contributed by atoms with E-state index in [0.717, 1.165) is 11.8 Å². The van der Waals surface area contributed by atoms with Crippen molar-refractivity contribution in [3.63, 3.8) is 0 Å². The van der Waals surface area contributed by atoms with E-state index in [2.05, 4.69) is 4.74 Å². The van der Waals surface area contributed by atoms with Crippen LogP contribution in [0.1, 0.15) is 12.5 Å². The summed E-state index contributed by atoms with van der Waals surface area (Å²) in [4.78, 5) is 13.0. The summed E-state index contributed by atoms with van der Waals surface area (Å²) < 4.78 is 68.2. The Morgan fingerprint density at radius 1 is 1.16 bits per heavy atom. The van der Waals surface area contributed by atoms with Gasteiger partial charge in [-0.1, -0.05) is 18.2 Å². The lowest BCUT2D eigenvalue weighted by Crippen LogP contribution is -2.51. The number of benzene rings is 1. The summed E-state index contributed by atoms with van der Waals surface area (Å²) in [5.74, 6) is 0. The fraction of sp³-hybridized carbons (Fsp3) is 0.533. The molecule has 1 amide bonds. The van der Waals surface area contributed by atoms with Crippen molar-refractivity contribution >= 4 is 16.1 Å². The molecule has 6 nitrogen and oxygen atoms in total. The Hall–Kier alpha value is -1.81. The zero-order valence-corrected chi connectivity index (χ0v) is 14.6. The number of ether oxygens (including phenoxy) is 1. The van der Waals surface area contributed by atoms with E-state index < -0.39 is 28.4 Å². The molecular weight excluding hydrogens is 361 g/mol. The SMILES string of the molecule is Cc1ccccc1S(=O)(=O)N1CCN(C(=O)OC(C)C(F)(F)F)CC1. The number of carbonyl (C=O) groups excluding carboxylic acids is 1. The van der Waals surface area contributed by atoms with E-state index in [1.54, 1.807) is 25.1 Å². The molecule has 0 spiro atoms. The van der Waals surface area contributed by atoms with Crippen molar-refractivity contribution in [2.24, 2.45) is 0 Å². The fourth-order valence-corrected chi connectivity index (χ4v) is 4.04. The molecular formula is C15H19F3N2O4S. The zero-order chi connectivity index (χ0) is 18.8. The van der Waals surface area contributed by atoms with Gasteiger partial charge in [-0.05, 0) is 25.5 Å². The lowest BCUT2D eigenvalue weighted by molar-refractivity contribution is -0.199. The standard InChI is InChI=1S/C15H19F3N2O4S/c1-11-5-3-4-6-13(11)25(22,23)20-9-7-19(8-10-20)14(21)24-12(2)15(16,17)18/h3-6,12H,7-10H2,1-2H3. The monoisotopic (exact) mass is 380 g/mol. The van der Waals surface area contributed by atoms with Crippen molar-refractivity contribution in [2.45, 2.75) is 31.0 Å². The summed E-state index contributed by atoms with van der Waals surface area (Å²) in [5.41, 5.74) is 0.600. The van der Waals surface area contributed by atoms with Crippen LogP contribution in [0.3, 0.4) is 0 Å². The first kappa shape index (κ1) is 19.5. The molecule has 1 aliphatic heterocycles. The second kappa shape index (κ2) is 7.20. The largest absolute Gasteiger partial charge is 0.437 e. The Labute approximate surface area is 144 Å². The molecule has 1 saturated heterocycles. The number of rotatable bonds is 3. The van der Waals surface area contributed by atoms with Gasteiger partial charge in [0, 0.05) is 26.2 Å². The molecule has 10 heteroatoms. The zero-order valence-electron chi connectivity index (χ0n) is 13.8. The van der Waals surface area contributed by atoms with Crippen LogP contribution in [-0.4, -0.2) is 62.2 Å². The number of amides is 1. The van der Waals surface area contributed by atoms with Crippen LogP contribution in [0.15, 0.2) is 29.2 Å². The van der Waals surface area contributed by atoms with Gasteiger partial charge in [-0.25, -0.2) is 13.2 Å². The molecule has 1 heterocycles. The molecule has 1 aliphatic rings. The van der Waals surface area contributed by atoms with Crippen LogP contribution in [0.5, 0.6) is 0 Å². The summed E-state index contributed by atoms with van der Waals surface area (Å²) in [6, 6.07) is 6.52. The molecule has 1 atom stereocenters. The van der Waals surface area contributed by atoms with Gasteiger partial charge < -0.3 is 9.64 Å². The maximum Gasteiger partial charge on any atom is 0.425 e. The third-order valence-corrected chi connectivity index (χ3v) is 6.01. The molecule has 0 N–H and O–H groups in total. The number of aryl methyl sites for hydroxylation is 1. The number of hydrogen-bond donors (Lipinski definition) is 0. The molecule has 1 aromatic carbocycles. The van der Waals surface area contributed by atoms with Crippen molar-refractivity contribution in [1.29, 1.82) is 0 Å². The van der Waals surface area contributed by atoms with Gasteiger partial charge in [0.15, 0.2) is 6.10 Å². The summed E-state index contributed by atoms with van der Waals surface area (Å²) in [7, 11) is -3.71. The Balaban J connectivity index is 2.00. The second-order valence-corrected chi connectivity index (χ2v) is 7.63. The van der Waals surface area contributed by atoms with E-state index >= 15 is 0 Å². The van der Waals surface area contributed by atoms with Crippen molar-refractivity contribution in [1.82, 2.24) is 9.21 Å². The maximum atomic E-state index is 12.6. The van der Waals surface area contributed by atoms with Crippen LogP contribution in [-0.2, 0) is 14.8 Å². The highest BCUT2D eigenvalue weighted by atomic mass is 32.2. The summed E-state index contributed by atoms with van der Waals surface area (Å²) >= 11 is 0. The highest BCUT2D eigenvalue weighted by Gasteiger charge is 2.40. The predicted octanol–water partition coefficient (Wildman–Crippen LogP) is 2.39. The minimum Gasteiger partial charge on any atom is -0.437 e. The Morgan fingerprint density at radius 3 is 2.24 bits per heavy atom. The average molecular weight is 380 g/mol. The number of piperazine rings is 1. The molecule has 0 saturated carbocycles. The molecule has 0 bridgehead atoms. The van der Waals surface area contributed by atoms with Crippen LogP contribution in [0.4, 0.5) is 18.0 Å². The molecule has 0 aromatic heterocycles. The number of hydrogen-bond acceptors (Lipinski definition) is 4. The topological polar surface area (TPSA) is 66.9 Å². The van der Waals surface area contributed by atoms with Gasteiger partial charge >= 0.3 is 12.3 Å². The van der Waals surface area contributed by atoms with Gasteiger partial charge in [0.1, 0.15) is 0 Å². The van der Waals surface area contributed by atoms with Crippen molar-refractivity contribution < 1.29 is 31.1 Å². The van der Waals surface area contributed by atoms with E-state index in [1.807, 2.05) is 0 Å². The number of sulfonamides is 1. The summed E-state index contributed by atoms with van der Waals surface area (Å²) in [6.45, 7) is 2.34. The minimum atomic E-state index is -4.63. The molecule has 2 rings (SSSR count). The van der Waals surface area contributed by atoms with E-state index in [0.29, 0.717) is 5.56 Å². The van der Waals surface area contributed by atoms with Crippen LogP contribution in [0, 0.1) is 6.92 Å². The van der Waals surface area contributed by atoms with Crippen LogP contribution in [0.25, 0.3) is 0 Å². The van der Waals surface area contributed by atoms with Crippen LogP contribution >= 0.6 is 0 Å². The average Bonchev–Trinajstić information content (AvgIpc) is 2.54. The van der Waals surface area contributed by atoms with Gasteiger partial charge in [-0.15, -0.1) is 0 Å².